The smallest absolute Gasteiger partial charge is 0.129 e. The molecule has 20 heavy (non-hydrogen) atoms. The van der Waals surface area contributed by atoms with Gasteiger partial charge in [-0.25, -0.2) is 4.39 Å². The summed E-state index contributed by atoms with van der Waals surface area (Å²) >= 11 is 6.06. The van der Waals surface area contributed by atoms with E-state index in [9.17, 15) is 4.39 Å². The van der Waals surface area contributed by atoms with Crippen LogP contribution in [0.4, 0.5) is 4.39 Å². The third-order valence-corrected chi connectivity index (χ3v) is 3.78. The van der Waals surface area contributed by atoms with Gasteiger partial charge in [0.05, 0.1) is 6.04 Å². The molecule has 0 spiro atoms. The molecule has 0 heterocycles. The van der Waals surface area contributed by atoms with Crippen LogP contribution < -0.4 is 5.73 Å². The first kappa shape index (κ1) is 15.0. The topological polar surface area (TPSA) is 26.0 Å². The fraction of sp³-hybridized carbons (Fsp3) is 0.294. The number of benzene rings is 2. The Labute approximate surface area is 124 Å². The molecule has 2 aromatic rings. The molecule has 2 rings (SSSR count). The molecule has 0 aliphatic rings. The molecule has 0 aliphatic carbocycles. The molecule has 0 saturated carbocycles. The highest BCUT2D eigenvalue weighted by Gasteiger charge is 2.18. The molecule has 2 N–H and O–H groups in total. The van der Waals surface area contributed by atoms with Gasteiger partial charge in [0, 0.05) is 10.6 Å². The highest BCUT2D eigenvalue weighted by atomic mass is 35.5. The summed E-state index contributed by atoms with van der Waals surface area (Å²) in [5.41, 5.74) is 8.65. The molecule has 3 heteroatoms. The van der Waals surface area contributed by atoms with E-state index < -0.39 is 6.04 Å². The number of hydrogen-bond donors (Lipinski definition) is 1. The molecule has 0 aromatic heterocycles. The quantitative estimate of drug-likeness (QED) is 0.843. The standard InChI is InChI=1S/C17H19ClFN/c1-17(2,3)12-9-7-11(8-10-12)16(20)15-13(18)5-4-6-14(15)19/h4-10,16H,20H2,1-3H3. The van der Waals surface area contributed by atoms with Crippen LogP contribution in [0.3, 0.4) is 0 Å². The van der Waals surface area contributed by atoms with Crippen molar-refractivity contribution in [1.29, 1.82) is 0 Å². The van der Waals surface area contributed by atoms with Crippen molar-refractivity contribution in [3.63, 3.8) is 0 Å². The molecule has 0 amide bonds. The van der Waals surface area contributed by atoms with E-state index in [1.54, 1.807) is 12.1 Å². The minimum absolute atomic E-state index is 0.0816. The summed E-state index contributed by atoms with van der Waals surface area (Å²) in [4.78, 5) is 0. The molecule has 106 valence electrons. The van der Waals surface area contributed by atoms with Gasteiger partial charge in [-0.1, -0.05) is 62.7 Å². The zero-order valence-corrected chi connectivity index (χ0v) is 12.7. The maximum Gasteiger partial charge on any atom is 0.129 e. The van der Waals surface area contributed by atoms with Gasteiger partial charge in [0.25, 0.3) is 0 Å². The largest absolute Gasteiger partial charge is 0.320 e. The third kappa shape index (κ3) is 3.02. The van der Waals surface area contributed by atoms with Crippen LogP contribution in [0.2, 0.25) is 5.02 Å². The van der Waals surface area contributed by atoms with Crippen LogP contribution in [-0.4, -0.2) is 0 Å². The summed E-state index contributed by atoms with van der Waals surface area (Å²) in [5.74, 6) is -0.370. The van der Waals surface area contributed by atoms with Crippen LogP contribution in [0.5, 0.6) is 0 Å². The van der Waals surface area contributed by atoms with Gasteiger partial charge in [-0.15, -0.1) is 0 Å². The van der Waals surface area contributed by atoms with Gasteiger partial charge in [-0.3, -0.25) is 0 Å². The van der Waals surface area contributed by atoms with Crippen LogP contribution >= 0.6 is 11.6 Å². The molecule has 2 aromatic carbocycles. The number of hydrogen-bond acceptors (Lipinski definition) is 1. The fourth-order valence-electron chi connectivity index (χ4n) is 2.16. The molecule has 1 nitrogen and oxygen atoms in total. The first-order valence-corrected chi connectivity index (χ1v) is 6.98. The Hall–Kier alpha value is -1.38. The summed E-state index contributed by atoms with van der Waals surface area (Å²) in [5, 5.41) is 0.359. The highest BCUT2D eigenvalue weighted by molar-refractivity contribution is 6.31. The molecule has 0 aliphatic heterocycles. The van der Waals surface area contributed by atoms with E-state index >= 15 is 0 Å². The molecule has 0 radical (unpaired) electrons. The Morgan fingerprint density at radius 2 is 1.65 bits per heavy atom. The first-order chi connectivity index (χ1) is 9.30. The highest BCUT2D eigenvalue weighted by Crippen LogP contribution is 2.30. The lowest BCUT2D eigenvalue weighted by Gasteiger charge is -2.21. The minimum atomic E-state index is -0.558. The predicted molar refractivity (Wildman–Crippen MR) is 82.6 cm³/mol. The molecule has 0 bridgehead atoms. The van der Waals surface area contributed by atoms with Crippen molar-refractivity contribution < 1.29 is 4.39 Å². The van der Waals surface area contributed by atoms with Gasteiger partial charge < -0.3 is 5.73 Å². The van der Waals surface area contributed by atoms with Crippen molar-refractivity contribution >= 4 is 11.6 Å². The molecule has 0 saturated heterocycles. The van der Waals surface area contributed by atoms with Gasteiger partial charge >= 0.3 is 0 Å². The SMILES string of the molecule is CC(C)(C)c1ccc(C(N)c2c(F)cccc2Cl)cc1. The Morgan fingerprint density at radius 1 is 1.05 bits per heavy atom. The summed E-state index contributed by atoms with van der Waals surface area (Å²) in [6.07, 6.45) is 0. The Morgan fingerprint density at radius 3 is 2.15 bits per heavy atom. The monoisotopic (exact) mass is 291 g/mol. The zero-order chi connectivity index (χ0) is 14.9. The number of rotatable bonds is 2. The van der Waals surface area contributed by atoms with Crippen molar-refractivity contribution in [2.75, 3.05) is 0 Å². The molecule has 0 fully saturated rings. The van der Waals surface area contributed by atoms with E-state index in [0.717, 1.165) is 5.56 Å². The van der Waals surface area contributed by atoms with E-state index in [0.29, 0.717) is 10.6 Å². The first-order valence-electron chi connectivity index (χ1n) is 6.60. The van der Waals surface area contributed by atoms with Crippen LogP contribution in [0.1, 0.15) is 43.5 Å². The van der Waals surface area contributed by atoms with E-state index in [2.05, 4.69) is 20.8 Å². The van der Waals surface area contributed by atoms with Crippen LogP contribution in [-0.2, 0) is 5.41 Å². The second-order valence-corrected chi connectivity index (χ2v) is 6.39. The number of nitrogens with two attached hydrogens (primary N) is 1. The second kappa shape index (κ2) is 5.55. The van der Waals surface area contributed by atoms with Crippen molar-refractivity contribution in [2.45, 2.75) is 32.2 Å². The van der Waals surface area contributed by atoms with Gasteiger partial charge in [0.2, 0.25) is 0 Å². The van der Waals surface area contributed by atoms with Crippen molar-refractivity contribution in [3.05, 3.63) is 70.0 Å². The normalized spacial score (nSPS) is 13.3. The molecular weight excluding hydrogens is 273 g/mol. The summed E-state index contributed by atoms with van der Waals surface area (Å²) in [6, 6.07) is 12.0. The molecule has 1 unspecified atom stereocenters. The summed E-state index contributed by atoms with van der Waals surface area (Å²) < 4.78 is 13.9. The Balaban J connectivity index is 2.37. The van der Waals surface area contributed by atoms with Gasteiger partial charge in [0.1, 0.15) is 5.82 Å². The zero-order valence-electron chi connectivity index (χ0n) is 12.0. The second-order valence-electron chi connectivity index (χ2n) is 5.99. The average Bonchev–Trinajstić information content (AvgIpc) is 2.37. The van der Waals surface area contributed by atoms with Gasteiger partial charge in [0.15, 0.2) is 0 Å². The van der Waals surface area contributed by atoms with E-state index in [-0.39, 0.29) is 11.2 Å². The Kier molecular flexibility index (Phi) is 4.17. The summed E-state index contributed by atoms with van der Waals surface area (Å²) in [6.45, 7) is 6.45. The van der Waals surface area contributed by atoms with Crippen LogP contribution in [0.25, 0.3) is 0 Å². The fourth-order valence-corrected chi connectivity index (χ4v) is 2.45. The molecule has 1 atom stereocenters. The van der Waals surface area contributed by atoms with Crippen LogP contribution in [0.15, 0.2) is 42.5 Å². The lowest BCUT2D eigenvalue weighted by atomic mass is 9.86. The van der Waals surface area contributed by atoms with E-state index in [1.807, 2.05) is 24.3 Å². The van der Waals surface area contributed by atoms with Crippen molar-refractivity contribution in [3.8, 4) is 0 Å². The van der Waals surface area contributed by atoms with Crippen molar-refractivity contribution in [2.24, 2.45) is 5.73 Å². The average molecular weight is 292 g/mol. The van der Waals surface area contributed by atoms with Crippen molar-refractivity contribution in [1.82, 2.24) is 0 Å². The minimum Gasteiger partial charge on any atom is -0.320 e. The third-order valence-electron chi connectivity index (χ3n) is 3.45. The summed E-state index contributed by atoms with van der Waals surface area (Å²) in [7, 11) is 0. The maximum absolute atomic E-state index is 13.9. The van der Waals surface area contributed by atoms with Crippen LogP contribution in [0, 0.1) is 5.82 Å². The van der Waals surface area contributed by atoms with Gasteiger partial charge in [-0.2, -0.15) is 0 Å². The lowest BCUT2D eigenvalue weighted by molar-refractivity contribution is 0.588. The molecular formula is C17H19ClFN. The Bertz CT molecular complexity index is 579. The van der Waals surface area contributed by atoms with Gasteiger partial charge in [-0.05, 0) is 28.7 Å². The lowest BCUT2D eigenvalue weighted by Crippen LogP contribution is -2.15. The predicted octanol–water partition coefficient (Wildman–Crippen LogP) is 4.82. The van der Waals surface area contributed by atoms with E-state index in [1.165, 1.54) is 11.6 Å². The maximum atomic E-state index is 13.9. The van der Waals surface area contributed by atoms with E-state index in [4.69, 9.17) is 17.3 Å². The number of halogens is 2.